The molecule has 0 unspecified atom stereocenters. The predicted octanol–water partition coefficient (Wildman–Crippen LogP) is 1.79. The average molecular weight is 321 g/mol. The number of nitrogens with zero attached hydrogens (tertiary/aromatic N) is 2. The third-order valence-electron chi connectivity index (χ3n) is 2.53. The van der Waals surface area contributed by atoms with E-state index in [0.717, 1.165) is 12.0 Å². The molecule has 1 aromatic heterocycles. The van der Waals surface area contributed by atoms with Gasteiger partial charge in [0, 0.05) is 6.54 Å². The maximum atomic E-state index is 11.9. The Morgan fingerprint density at radius 1 is 1.32 bits per heavy atom. The Balaban J connectivity index is 1.93. The molecular weight excluding hydrogens is 308 g/mol. The molecule has 0 saturated carbocycles. The fraction of sp³-hybridized carbons (Fsp3) is 0.154. The van der Waals surface area contributed by atoms with E-state index >= 15 is 0 Å². The van der Waals surface area contributed by atoms with Crippen LogP contribution in [0.2, 0.25) is 0 Å². The van der Waals surface area contributed by atoms with Gasteiger partial charge in [-0.15, -0.1) is 0 Å². The zero-order chi connectivity index (χ0) is 13.7. The third kappa shape index (κ3) is 3.75. The quantitative estimate of drug-likeness (QED) is 0.900. The Labute approximate surface area is 119 Å². The van der Waals surface area contributed by atoms with Gasteiger partial charge in [0.15, 0.2) is 11.5 Å². The smallest absolute Gasteiger partial charge is 0.273 e. The van der Waals surface area contributed by atoms with Crippen molar-refractivity contribution in [3.8, 4) is 0 Å². The topological polar surface area (TPSA) is 80.9 Å². The van der Waals surface area contributed by atoms with Crippen LogP contribution in [0.1, 0.15) is 16.1 Å². The van der Waals surface area contributed by atoms with Crippen molar-refractivity contribution in [2.45, 2.75) is 6.42 Å². The van der Waals surface area contributed by atoms with Crippen LogP contribution in [0.15, 0.2) is 41.1 Å². The average Bonchev–Trinajstić information content (AvgIpc) is 2.42. The van der Waals surface area contributed by atoms with E-state index < -0.39 is 0 Å². The van der Waals surface area contributed by atoms with Crippen LogP contribution >= 0.6 is 15.9 Å². The Kier molecular flexibility index (Phi) is 4.46. The lowest BCUT2D eigenvalue weighted by atomic mass is 10.1. The van der Waals surface area contributed by atoms with Crippen molar-refractivity contribution in [3.05, 3.63) is 52.4 Å². The molecule has 0 aliphatic rings. The molecule has 19 heavy (non-hydrogen) atoms. The first-order valence-corrected chi connectivity index (χ1v) is 6.56. The number of rotatable bonds is 4. The molecule has 98 valence electrons. The molecule has 5 nitrogen and oxygen atoms in total. The van der Waals surface area contributed by atoms with Crippen molar-refractivity contribution in [1.29, 1.82) is 0 Å². The summed E-state index contributed by atoms with van der Waals surface area (Å²) in [6.07, 6.45) is 2.21. The molecule has 3 N–H and O–H groups in total. The van der Waals surface area contributed by atoms with Gasteiger partial charge in [0.25, 0.3) is 5.91 Å². The molecule has 1 heterocycles. The highest BCUT2D eigenvalue weighted by molar-refractivity contribution is 9.10. The lowest BCUT2D eigenvalue weighted by Crippen LogP contribution is -2.27. The second-order valence-electron chi connectivity index (χ2n) is 3.92. The van der Waals surface area contributed by atoms with Crippen molar-refractivity contribution >= 4 is 27.7 Å². The predicted molar refractivity (Wildman–Crippen MR) is 76.6 cm³/mol. The Bertz CT molecular complexity index is 574. The molecule has 1 aromatic carbocycles. The minimum Gasteiger partial charge on any atom is -0.382 e. The van der Waals surface area contributed by atoms with Gasteiger partial charge in [-0.3, -0.25) is 4.79 Å². The molecule has 0 spiro atoms. The SMILES string of the molecule is Nc1ncc(Br)nc1C(=O)NCCc1ccccc1. The Hall–Kier alpha value is -1.95. The van der Waals surface area contributed by atoms with E-state index in [1.54, 1.807) is 0 Å². The van der Waals surface area contributed by atoms with Gasteiger partial charge in [0.1, 0.15) is 4.60 Å². The van der Waals surface area contributed by atoms with Crippen LogP contribution < -0.4 is 11.1 Å². The number of carbonyl (C=O) groups excluding carboxylic acids is 1. The number of carbonyl (C=O) groups is 1. The summed E-state index contributed by atoms with van der Waals surface area (Å²) >= 11 is 3.16. The number of nitrogen functional groups attached to an aromatic ring is 1. The molecule has 0 fully saturated rings. The highest BCUT2D eigenvalue weighted by Crippen LogP contribution is 2.10. The van der Waals surface area contributed by atoms with Gasteiger partial charge in [-0.2, -0.15) is 0 Å². The molecular formula is C13H13BrN4O. The van der Waals surface area contributed by atoms with E-state index in [2.05, 4.69) is 31.2 Å². The summed E-state index contributed by atoms with van der Waals surface area (Å²) in [5.41, 5.74) is 6.92. The fourth-order valence-corrected chi connectivity index (χ4v) is 1.87. The van der Waals surface area contributed by atoms with Gasteiger partial charge in [0.05, 0.1) is 6.20 Å². The highest BCUT2D eigenvalue weighted by Gasteiger charge is 2.12. The first kappa shape index (κ1) is 13.5. The second-order valence-corrected chi connectivity index (χ2v) is 4.73. The maximum Gasteiger partial charge on any atom is 0.273 e. The van der Waals surface area contributed by atoms with E-state index in [0.29, 0.717) is 11.1 Å². The lowest BCUT2D eigenvalue weighted by molar-refractivity contribution is 0.0949. The van der Waals surface area contributed by atoms with Crippen molar-refractivity contribution in [3.63, 3.8) is 0 Å². The summed E-state index contributed by atoms with van der Waals surface area (Å²) in [5.74, 6) is -0.192. The Morgan fingerprint density at radius 3 is 2.79 bits per heavy atom. The van der Waals surface area contributed by atoms with Gasteiger partial charge >= 0.3 is 0 Å². The highest BCUT2D eigenvalue weighted by atomic mass is 79.9. The van der Waals surface area contributed by atoms with Gasteiger partial charge < -0.3 is 11.1 Å². The van der Waals surface area contributed by atoms with Crippen molar-refractivity contribution < 1.29 is 4.79 Å². The Morgan fingerprint density at radius 2 is 2.05 bits per heavy atom. The van der Waals surface area contributed by atoms with E-state index in [4.69, 9.17) is 5.73 Å². The number of nitrogens with two attached hydrogens (primary N) is 1. The number of aromatic nitrogens is 2. The monoisotopic (exact) mass is 320 g/mol. The van der Waals surface area contributed by atoms with Gasteiger partial charge in [-0.05, 0) is 27.9 Å². The van der Waals surface area contributed by atoms with Crippen LogP contribution in [0, 0.1) is 0 Å². The molecule has 6 heteroatoms. The van der Waals surface area contributed by atoms with Crippen LogP contribution in [-0.2, 0) is 6.42 Å². The number of hydrogen-bond acceptors (Lipinski definition) is 4. The number of amides is 1. The fourth-order valence-electron chi connectivity index (χ4n) is 1.59. The van der Waals surface area contributed by atoms with Crippen LogP contribution in [0.5, 0.6) is 0 Å². The number of halogens is 1. The number of benzene rings is 1. The van der Waals surface area contributed by atoms with E-state index in [-0.39, 0.29) is 17.4 Å². The van der Waals surface area contributed by atoms with Crippen molar-refractivity contribution in [1.82, 2.24) is 15.3 Å². The van der Waals surface area contributed by atoms with Gasteiger partial charge in [-0.1, -0.05) is 30.3 Å². The zero-order valence-corrected chi connectivity index (χ0v) is 11.7. The first-order valence-electron chi connectivity index (χ1n) is 5.77. The normalized spacial score (nSPS) is 10.2. The van der Waals surface area contributed by atoms with E-state index in [9.17, 15) is 4.79 Å². The number of nitrogens with one attached hydrogen (secondary N) is 1. The molecule has 2 rings (SSSR count). The second kappa shape index (κ2) is 6.29. The maximum absolute atomic E-state index is 11.9. The van der Waals surface area contributed by atoms with E-state index in [1.165, 1.54) is 6.20 Å². The molecule has 0 aliphatic carbocycles. The molecule has 0 saturated heterocycles. The minimum absolute atomic E-state index is 0.125. The molecule has 0 aliphatic heterocycles. The third-order valence-corrected chi connectivity index (χ3v) is 2.91. The molecule has 2 aromatic rings. The van der Waals surface area contributed by atoms with Crippen molar-refractivity contribution in [2.24, 2.45) is 0 Å². The molecule has 1 amide bonds. The van der Waals surface area contributed by atoms with E-state index in [1.807, 2.05) is 30.3 Å². The zero-order valence-electron chi connectivity index (χ0n) is 10.1. The first-order chi connectivity index (χ1) is 9.16. The van der Waals surface area contributed by atoms with Crippen molar-refractivity contribution in [2.75, 3.05) is 12.3 Å². The van der Waals surface area contributed by atoms with Crippen LogP contribution in [0.25, 0.3) is 0 Å². The summed E-state index contributed by atoms with van der Waals surface area (Å²) in [6.45, 7) is 0.524. The van der Waals surface area contributed by atoms with Crippen LogP contribution in [0.3, 0.4) is 0 Å². The summed E-state index contributed by atoms with van der Waals surface area (Å²) in [7, 11) is 0. The number of anilines is 1. The summed E-state index contributed by atoms with van der Waals surface area (Å²) in [5, 5.41) is 2.77. The standard InChI is InChI=1S/C13H13BrN4O/c14-10-8-17-12(15)11(18-10)13(19)16-7-6-9-4-2-1-3-5-9/h1-5,8H,6-7H2,(H2,15,17)(H,16,19). The largest absolute Gasteiger partial charge is 0.382 e. The minimum atomic E-state index is -0.317. The van der Waals surface area contributed by atoms with Crippen LogP contribution in [-0.4, -0.2) is 22.4 Å². The van der Waals surface area contributed by atoms with Gasteiger partial charge in [-0.25, -0.2) is 9.97 Å². The lowest BCUT2D eigenvalue weighted by Gasteiger charge is -2.06. The molecule has 0 radical (unpaired) electrons. The molecule has 0 atom stereocenters. The van der Waals surface area contributed by atoms with Gasteiger partial charge in [0.2, 0.25) is 0 Å². The summed E-state index contributed by atoms with van der Waals surface area (Å²) in [4.78, 5) is 19.8. The number of hydrogen-bond donors (Lipinski definition) is 2. The molecule has 0 bridgehead atoms. The van der Waals surface area contributed by atoms with Crippen LogP contribution in [0.4, 0.5) is 5.82 Å². The summed E-state index contributed by atoms with van der Waals surface area (Å²) in [6, 6.07) is 9.92. The summed E-state index contributed by atoms with van der Waals surface area (Å²) < 4.78 is 0.481.